The van der Waals surface area contributed by atoms with E-state index in [2.05, 4.69) is 45.7 Å². The molecule has 3 heterocycles. The predicted octanol–water partition coefficient (Wildman–Crippen LogP) is 4.51. The quantitative estimate of drug-likeness (QED) is 0.394. The Morgan fingerprint density at radius 2 is 1.82 bits per heavy atom. The van der Waals surface area contributed by atoms with Crippen LogP contribution in [-0.2, 0) is 10.2 Å². The number of aromatic amines is 1. The molecule has 1 aliphatic carbocycles. The SMILES string of the molecule is COc1ccc2c(c1)C1(CC1c1ccc3c(/C=C/c4ccc(C(=O)N5CCN(C)CC5)cc4)n[nH]c3c1)C(=O)N2. The number of piperazine rings is 1. The molecule has 7 rings (SSSR count). The molecule has 0 radical (unpaired) electrons. The average Bonchev–Trinajstić information content (AvgIpc) is 3.53. The number of fused-ring (bicyclic) bond motifs is 3. The molecule has 1 aromatic heterocycles. The van der Waals surface area contributed by atoms with E-state index in [1.54, 1.807) is 7.11 Å². The summed E-state index contributed by atoms with van der Waals surface area (Å²) in [6.45, 7) is 3.35. The molecule has 2 atom stereocenters. The van der Waals surface area contributed by atoms with E-state index >= 15 is 0 Å². The Balaban J connectivity index is 1.07. The molecule has 2 aliphatic heterocycles. The predicted molar refractivity (Wildman–Crippen MR) is 156 cm³/mol. The number of anilines is 1. The molecule has 8 heteroatoms. The van der Waals surface area contributed by atoms with Crippen molar-refractivity contribution in [1.29, 1.82) is 0 Å². The van der Waals surface area contributed by atoms with Gasteiger partial charge in [-0.05, 0) is 72.6 Å². The molecule has 1 saturated heterocycles. The number of amides is 2. The molecule has 2 fully saturated rings. The fourth-order valence-corrected chi connectivity index (χ4v) is 6.20. The highest BCUT2D eigenvalue weighted by atomic mass is 16.5. The summed E-state index contributed by atoms with van der Waals surface area (Å²) < 4.78 is 5.42. The largest absolute Gasteiger partial charge is 0.497 e. The second-order valence-electron chi connectivity index (χ2n) is 11.1. The summed E-state index contributed by atoms with van der Waals surface area (Å²) in [4.78, 5) is 30.0. The van der Waals surface area contributed by atoms with E-state index in [0.717, 1.165) is 77.3 Å². The number of carbonyl (C=O) groups excluding carboxylic acids is 2. The van der Waals surface area contributed by atoms with E-state index in [1.165, 1.54) is 0 Å². The molecule has 40 heavy (non-hydrogen) atoms. The van der Waals surface area contributed by atoms with E-state index in [9.17, 15) is 9.59 Å². The number of likely N-dealkylation sites (N-methyl/N-ethyl adjacent to an activating group) is 1. The van der Waals surface area contributed by atoms with Gasteiger partial charge in [-0.15, -0.1) is 0 Å². The van der Waals surface area contributed by atoms with Crippen molar-refractivity contribution < 1.29 is 14.3 Å². The third-order valence-electron chi connectivity index (χ3n) is 8.72. The minimum atomic E-state index is -0.530. The maximum Gasteiger partial charge on any atom is 0.253 e. The minimum Gasteiger partial charge on any atom is -0.497 e. The van der Waals surface area contributed by atoms with Gasteiger partial charge in [0.2, 0.25) is 5.91 Å². The van der Waals surface area contributed by atoms with Crippen LogP contribution in [0.1, 0.15) is 45.1 Å². The maximum absolute atomic E-state index is 13.0. The Morgan fingerprint density at radius 1 is 1.02 bits per heavy atom. The van der Waals surface area contributed by atoms with Crippen LogP contribution in [0.5, 0.6) is 5.75 Å². The summed E-state index contributed by atoms with van der Waals surface area (Å²) in [5.41, 5.74) is 6.00. The van der Waals surface area contributed by atoms with Gasteiger partial charge in [-0.1, -0.05) is 30.3 Å². The van der Waals surface area contributed by atoms with Gasteiger partial charge < -0.3 is 19.9 Å². The number of methoxy groups -OCH3 is 1. The molecule has 202 valence electrons. The maximum atomic E-state index is 13.0. The number of aromatic nitrogens is 2. The summed E-state index contributed by atoms with van der Waals surface area (Å²) in [5.74, 6) is 1.02. The highest BCUT2D eigenvalue weighted by Gasteiger charge is 2.65. The molecule has 3 aromatic carbocycles. The fourth-order valence-electron chi connectivity index (χ4n) is 6.20. The van der Waals surface area contributed by atoms with Gasteiger partial charge in [-0.25, -0.2) is 0 Å². The first-order valence-electron chi connectivity index (χ1n) is 13.7. The van der Waals surface area contributed by atoms with Gasteiger partial charge in [0, 0.05) is 48.7 Å². The molecule has 4 aromatic rings. The van der Waals surface area contributed by atoms with E-state index < -0.39 is 5.41 Å². The zero-order valence-electron chi connectivity index (χ0n) is 22.6. The topological polar surface area (TPSA) is 90.6 Å². The van der Waals surface area contributed by atoms with Crippen molar-refractivity contribution >= 4 is 40.6 Å². The molecule has 1 spiro atoms. The molecular weight excluding hydrogens is 502 g/mol. The van der Waals surface area contributed by atoms with Gasteiger partial charge in [0.05, 0.1) is 23.7 Å². The minimum absolute atomic E-state index is 0.0605. The molecular formula is C32H31N5O3. The van der Waals surface area contributed by atoms with Crippen LogP contribution in [0.15, 0.2) is 60.7 Å². The van der Waals surface area contributed by atoms with Gasteiger partial charge in [0.25, 0.3) is 5.91 Å². The van der Waals surface area contributed by atoms with Crippen LogP contribution in [0.4, 0.5) is 5.69 Å². The van der Waals surface area contributed by atoms with Gasteiger partial charge in [-0.2, -0.15) is 5.10 Å². The molecule has 2 N–H and O–H groups in total. The average molecular weight is 534 g/mol. The van der Waals surface area contributed by atoms with E-state index in [4.69, 9.17) is 4.74 Å². The fraction of sp³-hybridized carbons (Fsp3) is 0.281. The standard InChI is InChI=1S/C32H31N5O3/c1-36-13-15-37(16-14-36)30(38)21-6-3-20(4-7-21)5-11-27-24-10-8-22(17-29(24)35-34-27)26-19-32(26)25-18-23(40-2)9-12-28(25)33-31(32)39/h3-12,17-18,26H,13-16,19H2,1-2H3,(H,33,39)(H,34,35)/b11-5+. The smallest absolute Gasteiger partial charge is 0.253 e. The van der Waals surface area contributed by atoms with Crippen molar-refractivity contribution in [3.05, 3.63) is 88.6 Å². The van der Waals surface area contributed by atoms with Crippen LogP contribution >= 0.6 is 0 Å². The first-order chi connectivity index (χ1) is 19.5. The normalized spacial score (nSPS) is 22.2. The lowest BCUT2D eigenvalue weighted by atomic mass is 9.91. The van der Waals surface area contributed by atoms with Crippen LogP contribution in [-0.4, -0.2) is 72.1 Å². The van der Waals surface area contributed by atoms with Crippen molar-refractivity contribution in [2.45, 2.75) is 17.8 Å². The van der Waals surface area contributed by atoms with Gasteiger partial charge in [-0.3, -0.25) is 14.7 Å². The zero-order chi connectivity index (χ0) is 27.4. The lowest BCUT2D eigenvalue weighted by Crippen LogP contribution is -2.47. The summed E-state index contributed by atoms with van der Waals surface area (Å²) >= 11 is 0. The number of rotatable bonds is 5. The van der Waals surface area contributed by atoms with Gasteiger partial charge in [0.15, 0.2) is 0 Å². The number of benzene rings is 3. The van der Waals surface area contributed by atoms with Crippen molar-refractivity contribution in [2.75, 3.05) is 45.7 Å². The highest BCUT2D eigenvalue weighted by molar-refractivity contribution is 6.10. The van der Waals surface area contributed by atoms with Crippen molar-refractivity contribution in [1.82, 2.24) is 20.0 Å². The second-order valence-corrected chi connectivity index (χ2v) is 11.1. The second kappa shape index (κ2) is 9.34. The van der Waals surface area contributed by atoms with Crippen LogP contribution < -0.4 is 10.1 Å². The van der Waals surface area contributed by atoms with Gasteiger partial charge in [0.1, 0.15) is 5.75 Å². The summed E-state index contributed by atoms with van der Waals surface area (Å²) in [5, 5.41) is 11.8. The molecule has 1 saturated carbocycles. The Kier molecular flexibility index (Phi) is 5.75. The zero-order valence-corrected chi connectivity index (χ0v) is 22.6. The number of ether oxygens (including phenoxy) is 1. The molecule has 2 amide bonds. The third-order valence-corrected chi connectivity index (χ3v) is 8.72. The molecule has 0 bridgehead atoms. The number of nitrogens with one attached hydrogen (secondary N) is 2. The van der Waals surface area contributed by atoms with E-state index in [-0.39, 0.29) is 17.7 Å². The number of hydrogen-bond donors (Lipinski definition) is 2. The van der Waals surface area contributed by atoms with Crippen LogP contribution in [0.2, 0.25) is 0 Å². The Morgan fingerprint density at radius 3 is 2.60 bits per heavy atom. The van der Waals surface area contributed by atoms with Crippen LogP contribution in [0.25, 0.3) is 23.1 Å². The first-order valence-corrected chi connectivity index (χ1v) is 13.7. The summed E-state index contributed by atoms with van der Waals surface area (Å²) in [6, 6.07) is 19.8. The molecule has 2 unspecified atom stereocenters. The summed E-state index contributed by atoms with van der Waals surface area (Å²) in [7, 11) is 3.73. The monoisotopic (exact) mass is 533 g/mol. The lowest BCUT2D eigenvalue weighted by molar-refractivity contribution is -0.118. The van der Waals surface area contributed by atoms with Crippen molar-refractivity contribution in [3.63, 3.8) is 0 Å². The van der Waals surface area contributed by atoms with Crippen LogP contribution in [0.3, 0.4) is 0 Å². The number of carbonyl (C=O) groups is 2. The number of H-pyrrole nitrogens is 1. The van der Waals surface area contributed by atoms with Gasteiger partial charge >= 0.3 is 0 Å². The lowest BCUT2D eigenvalue weighted by Gasteiger charge is -2.32. The van der Waals surface area contributed by atoms with Crippen molar-refractivity contribution in [2.24, 2.45) is 0 Å². The summed E-state index contributed by atoms with van der Waals surface area (Å²) in [6.07, 6.45) is 4.77. The van der Waals surface area contributed by atoms with Crippen LogP contribution in [0, 0.1) is 0 Å². The Hall–Kier alpha value is -4.43. The third kappa shape index (κ3) is 3.98. The first kappa shape index (κ1) is 24.6. The number of hydrogen-bond acceptors (Lipinski definition) is 5. The van der Waals surface area contributed by atoms with Crippen molar-refractivity contribution in [3.8, 4) is 5.75 Å². The molecule has 8 nitrogen and oxygen atoms in total. The number of nitrogens with zero attached hydrogens (tertiary/aromatic N) is 3. The Bertz CT molecular complexity index is 1670. The van der Waals surface area contributed by atoms with E-state index in [1.807, 2.05) is 59.5 Å². The highest BCUT2D eigenvalue weighted by Crippen LogP contribution is 2.65. The Labute approximate surface area is 232 Å². The van der Waals surface area contributed by atoms with E-state index in [0.29, 0.717) is 5.56 Å². The molecule has 3 aliphatic rings.